The van der Waals surface area contributed by atoms with Gasteiger partial charge in [-0.25, -0.2) is 4.98 Å². The first-order valence-corrected chi connectivity index (χ1v) is 5.94. The van der Waals surface area contributed by atoms with Gasteiger partial charge in [0.25, 0.3) is 0 Å². The molecule has 0 spiro atoms. The van der Waals surface area contributed by atoms with Crippen molar-refractivity contribution in [3.8, 4) is 0 Å². The van der Waals surface area contributed by atoms with E-state index in [1.807, 2.05) is 0 Å². The van der Waals surface area contributed by atoms with Gasteiger partial charge in [0.2, 0.25) is 0 Å². The normalized spacial score (nSPS) is 11.3. The lowest BCUT2D eigenvalue weighted by molar-refractivity contribution is 0.280. The Morgan fingerprint density at radius 2 is 2.00 bits per heavy atom. The number of aryl methyl sites for hydroxylation is 3. The van der Waals surface area contributed by atoms with Crippen LogP contribution in [0.15, 0.2) is 12.1 Å². The van der Waals surface area contributed by atoms with Crippen LogP contribution < -0.4 is 5.73 Å². The van der Waals surface area contributed by atoms with E-state index >= 15 is 0 Å². The minimum Gasteiger partial charge on any atom is -0.396 e. The molecule has 1 aromatic carbocycles. The predicted octanol–water partition coefficient (Wildman–Crippen LogP) is 1.49. The minimum absolute atomic E-state index is 0.189. The lowest BCUT2D eigenvalue weighted by Crippen LogP contribution is -2.09. The Morgan fingerprint density at radius 3 is 2.65 bits per heavy atom. The molecule has 0 aliphatic carbocycles. The van der Waals surface area contributed by atoms with Gasteiger partial charge in [0.1, 0.15) is 5.82 Å². The molecule has 1 aromatic heterocycles. The molecule has 3 N–H and O–H groups in total. The third-order valence-electron chi connectivity index (χ3n) is 3.17. The molecular formula is C13H19N3O. The molecule has 0 fully saturated rings. The van der Waals surface area contributed by atoms with Crippen LogP contribution in [0.3, 0.4) is 0 Å². The second-order valence-electron chi connectivity index (χ2n) is 4.39. The number of aliphatic hydroxyl groups is 1. The van der Waals surface area contributed by atoms with Crippen molar-refractivity contribution in [1.29, 1.82) is 0 Å². The van der Waals surface area contributed by atoms with E-state index in [1.54, 1.807) is 0 Å². The van der Waals surface area contributed by atoms with Crippen LogP contribution in [0.2, 0.25) is 0 Å². The van der Waals surface area contributed by atoms with Crippen LogP contribution in [0.5, 0.6) is 0 Å². The zero-order valence-corrected chi connectivity index (χ0v) is 10.4. The molecule has 4 heteroatoms. The van der Waals surface area contributed by atoms with Crippen LogP contribution in [0.25, 0.3) is 11.0 Å². The number of aromatic nitrogens is 2. The summed E-state index contributed by atoms with van der Waals surface area (Å²) >= 11 is 0. The maximum atomic E-state index is 8.93. The molecule has 1 heterocycles. The Morgan fingerprint density at radius 1 is 1.29 bits per heavy atom. The van der Waals surface area contributed by atoms with Crippen molar-refractivity contribution in [1.82, 2.24) is 9.55 Å². The standard InChI is InChI=1S/C13H19N3O/c1-9-6-11-12(7-10(9)2)16(4-3-5-17)13(8-14)15-11/h6-7,17H,3-5,8,14H2,1-2H3. The number of hydrogen-bond donors (Lipinski definition) is 2. The maximum Gasteiger partial charge on any atom is 0.123 e. The molecule has 0 aliphatic rings. The second kappa shape index (κ2) is 4.85. The fourth-order valence-electron chi connectivity index (χ4n) is 2.06. The number of hydrogen-bond acceptors (Lipinski definition) is 3. The molecule has 0 aliphatic heterocycles. The Kier molecular flexibility index (Phi) is 3.45. The summed E-state index contributed by atoms with van der Waals surface area (Å²) in [6, 6.07) is 4.24. The van der Waals surface area contributed by atoms with Gasteiger partial charge in [0.15, 0.2) is 0 Å². The van der Waals surface area contributed by atoms with Crippen molar-refractivity contribution < 1.29 is 5.11 Å². The average molecular weight is 233 g/mol. The molecule has 17 heavy (non-hydrogen) atoms. The molecule has 0 saturated heterocycles. The topological polar surface area (TPSA) is 64.1 Å². The van der Waals surface area contributed by atoms with Gasteiger partial charge in [-0.2, -0.15) is 0 Å². The Balaban J connectivity index is 2.57. The van der Waals surface area contributed by atoms with E-state index in [2.05, 4.69) is 35.5 Å². The SMILES string of the molecule is Cc1cc2nc(CN)n(CCCO)c2cc1C. The number of benzene rings is 1. The monoisotopic (exact) mass is 233 g/mol. The van der Waals surface area contributed by atoms with Crippen molar-refractivity contribution in [3.05, 3.63) is 29.1 Å². The molecule has 0 amide bonds. The van der Waals surface area contributed by atoms with Gasteiger partial charge in [-0.3, -0.25) is 0 Å². The van der Waals surface area contributed by atoms with Crippen molar-refractivity contribution >= 4 is 11.0 Å². The van der Waals surface area contributed by atoms with Crippen LogP contribution in [-0.4, -0.2) is 21.3 Å². The van der Waals surface area contributed by atoms with Gasteiger partial charge in [-0.05, 0) is 43.5 Å². The molecule has 0 saturated carbocycles. The van der Waals surface area contributed by atoms with E-state index in [-0.39, 0.29) is 6.61 Å². The van der Waals surface area contributed by atoms with Crippen LogP contribution in [-0.2, 0) is 13.1 Å². The van der Waals surface area contributed by atoms with Crippen molar-refractivity contribution in [2.45, 2.75) is 33.4 Å². The largest absolute Gasteiger partial charge is 0.396 e. The molecule has 92 valence electrons. The van der Waals surface area contributed by atoms with Gasteiger partial charge in [0, 0.05) is 13.2 Å². The summed E-state index contributed by atoms with van der Waals surface area (Å²) in [5.41, 5.74) is 10.3. The Labute approximate surface area is 101 Å². The summed E-state index contributed by atoms with van der Waals surface area (Å²) in [5.74, 6) is 0.887. The van der Waals surface area contributed by atoms with Crippen LogP contribution in [0.4, 0.5) is 0 Å². The maximum absolute atomic E-state index is 8.93. The quantitative estimate of drug-likeness (QED) is 0.841. The fourth-order valence-corrected chi connectivity index (χ4v) is 2.06. The van der Waals surface area contributed by atoms with E-state index in [1.165, 1.54) is 11.1 Å². The highest BCUT2D eigenvalue weighted by Gasteiger charge is 2.10. The third-order valence-corrected chi connectivity index (χ3v) is 3.17. The molecule has 0 radical (unpaired) electrons. The highest BCUT2D eigenvalue weighted by molar-refractivity contribution is 5.78. The minimum atomic E-state index is 0.189. The number of fused-ring (bicyclic) bond motifs is 1. The number of nitrogens with zero attached hydrogens (tertiary/aromatic N) is 2. The van der Waals surface area contributed by atoms with Crippen molar-refractivity contribution in [2.75, 3.05) is 6.61 Å². The summed E-state index contributed by atoms with van der Waals surface area (Å²) in [6.07, 6.45) is 0.728. The molecule has 0 bridgehead atoms. The van der Waals surface area contributed by atoms with Crippen molar-refractivity contribution in [2.24, 2.45) is 5.73 Å². The summed E-state index contributed by atoms with van der Waals surface area (Å²) in [6.45, 7) is 5.57. The highest BCUT2D eigenvalue weighted by Crippen LogP contribution is 2.21. The van der Waals surface area contributed by atoms with E-state index in [9.17, 15) is 0 Å². The molecular weight excluding hydrogens is 214 g/mol. The zero-order chi connectivity index (χ0) is 12.4. The average Bonchev–Trinajstić information content (AvgIpc) is 2.64. The second-order valence-corrected chi connectivity index (χ2v) is 4.39. The third kappa shape index (κ3) is 2.18. The number of nitrogens with two attached hydrogens (primary N) is 1. The van der Waals surface area contributed by atoms with Gasteiger partial charge in [0.05, 0.1) is 17.6 Å². The van der Waals surface area contributed by atoms with E-state index in [0.717, 1.165) is 29.8 Å². The first kappa shape index (κ1) is 12.1. The summed E-state index contributed by atoms with van der Waals surface area (Å²) in [7, 11) is 0. The van der Waals surface area contributed by atoms with Crippen LogP contribution in [0.1, 0.15) is 23.4 Å². The van der Waals surface area contributed by atoms with Gasteiger partial charge < -0.3 is 15.4 Å². The molecule has 2 aromatic rings. The van der Waals surface area contributed by atoms with Crippen LogP contribution in [0, 0.1) is 13.8 Å². The predicted molar refractivity (Wildman–Crippen MR) is 68.8 cm³/mol. The number of aliphatic hydroxyl groups excluding tert-OH is 1. The smallest absolute Gasteiger partial charge is 0.123 e. The van der Waals surface area contributed by atoms with Gasteiger partial charge >= 0.3 is 0 Å². The van der Waals surface area contributed by atoms with Gasteiger partial charge in [-0.1, -0.05) is 0 Å². The molecule has 2 rings (SSSR count). The fraction of sp³-hybridized carbons (Fsp3) is 0.462. The Bertz CT molecular complexity index is 531. The molecule has 0 unspecified atom stereocenters. The molecule has 0 atom stereocenters. The van der Waals surface area contributed by atoms with E-state index < -0.39 is 0 Å². The number of rotatable bonds is 4. The lowest BCUT2D eigenvalue weighted by Gasteiger charge is -2.07. The van der Waals surface area contributed by atoms with Crippen LogP contribution >= 0.6 is 0 Å². The summed E-state index contributed by atoms with van der Waals surface area (Å²) in [5, 5.41) is 8.93. The zero-order valence-electron chi connectivity index (χ0n) is 10.4. The van der Waals surface area contributed by atoms with Gasteiger partial charge in [-0.15, -0.1) is 0 Å². The van der Waals surface area contributed by atoms with E-state index in [0.29, 0.717) is 6.54 Å². The summed E-state index contributed by atoms with van der Waals surface area (Å²) in [4.78, 5) is 4.54. The first-order chi connectivity index (χ1) is 8.17. The van der Waals surface area contributed by atoms with Crippen molar-refractivity contribution in [3.63, 3.8) is 0 Å². The first-order valence-electron chi connectivity index (χ1n) is 5.94. The van der Waals surface area contributed by atoms with E-state index in [4.69, 9.17) is 10.8 Å². The number of imidazole rings is 1. The lowest BCUT2D eigenvalue weighted by atomic mass is 10.1. The highest BCUT2D eigenvalue weighted by atomic mass is 16.3. The molecule has 4 nitrogen and oxygen atoms in total. The summed E-state index contributed by atoms with van der Waals surface area (Å²) < 4.78 is 2.11. The Hall–Kier alpha value is -1.39.